The second kappa shape index (κ2) is 4.73. The first-order chi connectivity index (χ1) is 4.22. The average Bonchev–Trinajstić information content (AvgIpc) is 1.82. The Hall–Kier alpha value is -0.120. The molecule has 4 N–H and O–H groups in total. The lowest BCUT2D eigenvalue weighted by Crippen LogP contribution is -2.29. The minimum Gasteiger partial charge on any atom is -0.396 e. The van der Waals surface area contributed by atoms with Crippen molar-refractivity contribution in [1.29, 1.82) is 0 Å². The van der Waals surface area contributed by atoms with Gasteiger partial charge in [-0.2, -0.15) is 0 Å². The number of hydrogen-bond donors (Lipinski definition) is 3. The third-order valence-corrected chi connectivity index (χ3v) is 1.48. The quantitative estimate of drug-likeness (QED) is 0.476. The van der Waals surface area contributed by atoms with E-state index in [-0.39, 0.29) is 25.2 Å². The lowest BCUT2D eigenvalue weighted by Gasteiger charge is -2.15. The zero-order chi connectivity index (χ0) is 7.28. The van der Waals surface area contributed by atoms with E-state index in [1.54, 1.807) is 0 Å². The molecule has 2 atom stereocenters. The Labute approximate surface area is 55.5 Å². The molecule has 0 spiro atoms. The molecular formula is C6H15NO2. The second-order valence-corrected chi connectivity index (χ2v) is 2.31. The van der Waals surface area contributed by atoms with E-state index < -0.39 is 0 Å². The summed E-state index contributed by atoms with van der Waals surface area (Å²) in [6.45, 7) is 2.00. The Balaban J connectivity index is 3.41. The van der Waals surface area contributed by atoms with Crippen molar-refractivity contribution in [3.8, 4) is 0 Å². The first-order valence-electron chi connectivity index (χ1n) is 3.19. The molecule has 0 aliphatic rings. The molecule has 0 radical (unpaired) electrons. The number of hydrogen-bond acceptors (Lipinski definition) is 3. The van der Waals surface area contributed by atoms with Gasteiger partial charge in [0.25, 0.3) is 0 Å². The Bertz CT molecular complexity index is 66.1. The van der Waals surface area contributed by atoms with Gasteiger partial charge in [0.2, 0.25) is 0 Å². The molecule has 0 saturated heterocycles. The summed E-state index contributed by atoms with van der Waals surface area (Å²) < 4.78 is 0. The molecule has 0 rings (SSSR count). The van der Waals surface area contributed by atoms with E-state index in [9.17, 15) is 0 Å². The largest absolute Gasteiger partial charge is 0.396 e. The fourth-order valence-corrected chi connectivity index (χ4v) is 0.686. The van der Waals surface area contributed by atoms with Gasteiger partial charge in [-0.15, -0.1) is 0 Å². The molecule has 0 fully saturated rings. The molecule has 0 aliphatic heterocycles. The van der Waals surface area contributed by atoms with Crippen LogP contribution in [0.1, 0.15) is 13.3 Å². The Morgan fingerprint density at radius 2 is 2.00 bits per heavy atom. The monoisotopic (exact) mass is 133 g/mol. The molecule has 0 aromatic heterocycles. The lowest BCUT2D eigenvalue weighted by atomic mass is 10.00. The van der Waals surface area contributed by atoms with Crippen molar-refractivity contribution in [2.24, 2.45) is 11.7 Å². The molecule has 2 unspecified atom stereocenters. The summed E-state index contributed by atoms with van der Waals surface area (Å²) in [4.78, 5) is 0. The van der Waals surface area contributed by atoms with Crippen molar-refractivity contribution < 1.29 is 10.2 Å². The van der Waals surface area contributed by atoms with E-state index in [1.807, 2.05) is 6.92 Å². The minimum absolute atomic E-state index is 0.0258. The minimum atomic E-state index is -0.0258. The highest BCUT2D eigenvalue weighted by Gasteiger charge is 2.10. The zero-order valence-corrected chi connectivity index (χ0v) is 5.75. The summed E-state index contributed by atoms with van der Waals surface area (Å²) in [7, 11) is 0. The fourth-order valence-electron chi connectivity index (χ4n) is 0.686. The van der Waals surface area contributed by atoms with Gasteiger partial charge in [-0.1, -0.05) is 0 Å². The SMILES string of the molecule is CC(N)C(CO)CCO. The van der Waals surface area contributed by atoms with Crippen molar-refractivity contribution in [2.75, 3.05) is 13.2 Å². The van der Waals surface area contributed by atoms with Crippen LogP contribution >= 0.6 is 0 Å². The number of nitrogens with two attached hydrogens (primary N) is 1. The van der Waals surface area contributed by atoms with Crippen LogP contribution in [0.15, 0.2) is 0 Å². The average molecular weight is 133 g/mol. The summed E-state index contributed by atoms with van der Waals surface area (Å²) in [5.41, 5.74) is 5.46. The van der Waals surface area contributed by atoms with E-state index in [1.165, 1.54) is 0 Å². The van der Waals surface area contributed by atoms with E-state index in [2.05, 4.69) is 0 Å². The Morgan fingerprint density at radius 1 is 1.44 bits per heavy atom. The summed E-state index contributed by atoms with van der Waals surface area (Å²) in [5, 5.41) is 17.1. The van der Waals surface area contributed by atoms with Gasteiger partial charge in [0.1, 0.15) is 0 Å². The maximum Gasteiger partial charge on any atom is 0.0474 e. The molecule has 3 heteroatoms. The van der Waals surface area contributed by atoms with Crippen LogP contribution in [-0.4, -0.2) is 29.5 Å². The van der Waals surface area contributed by atoms with Crippen molar-refractivity contribution in [3.05, 3.63) is 0 Å². The van der Waals surface area contributed by atoms with Crippen LogP contribution in [0.25, 0.3) is 0 Å². The normalized spacial score (nSPS) is 17.3. The summed E-state index contributed by atoms with van der Waals surface area (Å²) in [6.07, 6.45) is 0.591. The van der Waals surface area contributed by atoms with Gasteiger partial charge in [0, 0.05) is 19.3 Å². The molecule has 0 aromatic carbocycles. The van der Waals surface area contributed by atoms with Gasteiger partial charge in [-0.05, 0) is 19.3 Å². The van der Waals surface area contributed by atoms with Crippen molar-refractivity contribution in [3.63, 3.8) is 0 Å². The van der Waals surface area contributed by atoms with Gasteiger partial charge in [0.15, 0.2) is 0 Å². The van der Waals surface area contributed by atoms with E-state index >= 15 is 0 Å². The smallest absolute Gasteiger partial charge is 0.0474 e. The van der Waals surface area contributed by atoms with Crippen LogP contribution < -0.4 is 5.73 Å². The lowest BCUT2D eigenvalue weighted by molar-refractivity contribution is 0.169. The predicted molar refractivity (Wildman–Crippen MR) is 35.9 cm³/mol. The van der Waals surface area contributed by atoms with Crippen LogP contribution in [-0.2, 0) is 0 Å². The predicted octanol–water partition coefficient (Wildman–Crippen LogP) is -0.676. The molecule has 3 nitrogen and oxygen atoms in total. The second-order valence-electron chi connectivity index (χ2n) is 2.31. The van der Waals surface area contributed by atoms with Gasteiger partial charge in [0.05, 0.1) is 0 Å². The maximum absolute atomic E-state index is 8.64. The van der Waals surface area contributed by atoms with Gasteiger partial charge in [-0.3, -0.25) is 0 Å². The van der Waals surface area contributed by atoms with Crippen molar-refractivity contribution >= 4 is 0 Å². The molecule has 0 aromatic rings. The highest BCUT2D eigenvalue weighted by molar-refractivity contribution is 4.66. The third kappa shape index (κ3) is 3.46. The first-order valence-corrected chi connectivity index (χ1v) is 3.19. The third-order valence-electron chi connectivity index (χ3n) is 1.48. The zero-order valence-electron chi connectivity index (χ0n) is 5.75. The van der Waals surface area contributed by atoms with Crippen LogP contribution in [0.2, 0.25) is 0 Å². The molecule has 0 heterocycles. The molecule has 0 amide bonds. The van der Waals surface area contributed by atoms with Crippen molar-refractivity contribution in [2.45, 2.75) is 19.4 Å². The van der Waals surface area contributed by atoms with Gasteiger partial charge < -0.3 is 15.9 Å². The summed E-state index contributed by atoms with van der Waals surface area (Å²) in [5.74, 6) is 0.0509. The van der Waals surface area contributed by atoms with Crippen LogP contribution in [0.4, 0.5) is 0 Å². The Kier molecular flexibility index (Phi) is 4.67. The van der Waals surface area contributed by atoms with E-state index in [4.69, 9.17) is 15.9 Å². The standard InChI is InChI=1S/C6H15NO2/c1-5(7)6(4-9)2-3-8/h5-6,8-9H,2-4,7H2,1H3. The Morgan fingerprint density at radius 3 is 2.11 bits per heavy atom. The number of rotatable bonds is 4. The fraction of sp³-hybridized carbons (Fsp3) is 1.00. The molecule has 0 aliphatic carbocycles. The highest BCUT2D eigenvalue weighted by Crippen LogP contribution is 2.03. The molecule has 0 saturated carbocycles. The number of aliphatic hydroxyl groups is 2. The molecule has 9 heavy (non-hydrogen) atoms. The summed E-state index contributed by atoms with van der Waals surface area (Å²) in [6, 6.07) is -0.0258. The van der Waals surface area contributed by atoms with E-state index in [0.29, 0.717) is 6.42 Å². The van der Waals surface area contributed by atoms with Gasteiger partial charge >= 0.3 is 0 Å². The molecular weight excluding hydrogens is 118 g/mol. The topological polar surface area (TPSA) is 66.5 Å². The van der Waals surface area contributed by atoms with Crippen LogP contribution in [0.5, 0.6) is 0 Å². The molecule has 0 bridgehead atoms. The highest BCUT2D eigenvalue weighted by atomic mass is 16.3. The maximum atomic E-state index is 8.64. The van der Waals surface area contributed by atoms with Crippen molar-refractivity contribution in [1.82, 2.24) is 0 Å². The van der Waals surface area contributed by atoms with Gasteiger partial charge in [-0.25, -0.2) is 0 Å². The first kappa shape index (κ1) is 8.88. The van der Waals surface area contributed by atoms with Crippen LogP contribution in [0.3, 0.4) is 0 Å². The van der Waals surface area contributed by atoms with E-state index in [0.717, 1.165) is 0 Å². The molecule has 56 valence electrons. The number of aliphatic hydroxyl groups excluding tert-OH is 2. The van der Waals surface area contributed by atoms with Crippen LogP contribution in [0, 0.1) is 5.92 Å². The summed E-state index contributed by atoms with van der Waals surface area (Å²) >= 11 is 0.